The van der Waals surface area contributed by atoms with Crippen LogP contribution in [0.3, 0.4) is 0 Å². The van der Waals surface area contributed by atoms with Crippen molar-refractivity contribution in [1.82, 2.24) is 20.4 Å². The van der Waals surface area contributed by atoms with Crippen LogP contribution in [0.4, 0.5) is 0 Å². The van der Waals surface area contributed by atoms with Crippen LogP contribution in [0, 0.1) is 17.8 Å². The smallest absolute Gasteiger partial charge is 0.224 e. The highest BCUT2D eigenvalue weighted by molar-refractivity contribution is 6.35. The lowest BCUT2D eigenvalue weighted by Crippen LogP contribution is -2.43. The molecule has 2 aromatic rings. The van der Waals surface area contributed by atoms with Gasteiger partial charge in [0, 0.05) is 18.4 Å². The number of aromatic nitrogens is 2. The van der Waals surface area contributed by atoms with Gasteiger partial charge in [-0.05, 0) is 44.8 Å². The molecule has 2 aliphatic rings. The molecule has 1 aliphatic carbocycles. The molecule has 1 saturated heterocycles. The lowest BCUT2D eigenvalue weighted by molar-refractivity contribution is -0.124. The second kappa shape index (κ2) is 4.95. The van der Waals surface area contributed by atoms with E-state index in [-0.39, 0.29) is 11.8 Å². The topological polar surface area (TPSA) is 59.0 Å². The van der Waals surface area contributed by atoms with E-state index in [0.717, 1.165) is 29.7 Å². The van der Waals surface area contributed by atoms with E-state index >= 15 is 0 Å². The summed E-state index contributed by atoms with van der Waals surface area (Å²) in [5.74, 6) is 1.34. The molecule has 1 aromatic heterocycles. The number of hydrogen-bond donors (Lipinski definition) is 2. The predicted octanol–water partition coefficient (Wildman–Crippen LogP) is 2.04. The van der Waals surface area contributed by atoms with Crippen LogP contribution in [0.15, 0.2) is 18.2 Å². The SMILES string of the molecule is Cn1nc(C(C)(C)NC(=O)[C@@H]2C3CNC[C@H]32)c2cccc(Cl)c21. The molecule has 1 aromatic carbocycles. The van der Waals surface area contributed by atoms with E-state index in [0.29, 0.717) is 16.9 Å². The molecule has 23 heavy (non-hydrogen) atoms. The number of fused-ring (bicyclic) bond motifs is 2. The van der Waals surface area contributed by atoms with Crippen molar-refractivity contribution in [2.24, 2.45) is 24.8 Å². The summed E-state index contributed by atoms with van der Waals surface area (Å²) in [6.45, 7) is 5.94. The molecule has 0 bridgehead atoms. The van der Waals surface area contributed by atoms with E-state index < -0.39 is 5.54 Å². The summed E-state index contributed by atoms with van der Waals surface area (Å²) in [5, 5.41) is 12.8. The van der Waals surface area contributed by atoms with E-state index in [9.17, 15) is 4.79 Å². The molecule has 3 atom stereocenters. The van der Waals surface area contributed by atoms with Gasteiger partial charge in [0.1, 0.15) is 0 Å². The van der Waals surface area contributed by atoms with Gasteiger partial charge >= 0.3 is 0 Å². The van der Waals surface area contributed by atoms with Crippen molar-refractivity contribution in [2.45, 2.75) is 19.4 Å². The summed E-state index contributed by atoms with van der Waals surface area (Å²) in [7, 11) is 1.88. The van der Waals surface area contributed by atoms with E-state index in [4.69, 9.17) is 11.6 Å². The third kappa shape index (κ3) is 2.25. The van der Waals surface area contributed by atoms with Crippen LogP contribution in [0.25, 0.3) is 10.9 Å². The number of piperidine rings is 1. The molecule has 0 spiro atoms. The van der Waals surface area contributed by atoms with E-state index in [1.165, 1.54) is 0 Å². The van der Waals surface area contributed by atoms with Gasteiger partial charge in [-0.3, -0.25) is 9.48 Å². The Kier molecular flexibility index (Phi) is 3.22. The van der Waals surface area contributed by atoms with Gasteiger partial charge in [0.2, 0.25) is 5.91 Å². The molecule has 1 aliphatic heterocycles. The third-order valence-electron chi connectivity index (χ3n) is 5.24. The van der Waals surface area contributed by atoms with Gasteiger partial charge in [-0.25, -0.2) is 0 Å². The number of benzene rings is 1. The second-order valence-electron chi connectivity index (χ2n) is 7.23. The fraction of sp³-hybridized carbons (Fsp3) is 0.529. The number of carbonyl (C=O) groups excluding carboxylic acids is 1. The molecule has 4 rings (SSSR count). The van der Waals surface area contributed by atoms with Gasteiger partial charge in [-0.2, -0.15) is 5.10 Å². The number of nitrogens with one attached hydrogen (secondary N) is 2. The molecule has 0 radical (unpaired) electrons. The summed E-state index contributed by atoms with van der Waals surface area (Å²) in [6, 6.07) is 5.79. The molecular formula is C17H21ClN4O. The van der Waals surface area contributed by atoms with Crippen LogP contribution in [0.1, 0.15) is 19.5 Å². The zero-order chi connectivity index (χ0) is 16.4. The van der Waals surface area contributed by atoms with Crippen LogP contribution >= 0.6 is 11.6 Å². The number of hydrogen-bond acceptors (Lipinski definition) is 3. The first-order chi connectivity index (χ1) is 10.9. The van der Waals surface area contributed by atoms with Crippen molar-refractivity contribution >= 4 is 28.4 Å². The van der Waals surface area contributed by atoms with Gasteiger partial charge in [0.05, 0.1) is 21.8 Å². The standard InChI is InChI=1S/C17H21ClN4O/c1-17(2,20-16(23)13-10-7-19-8-11(10)13)15-9-5-4-6-12(18)14(9)22(3)21-15/h4-6,10-11,13,19H,7-8H2,1-3H3,(H,20,23)/t10-,11?,13+/m1/s1. The van der Waals surface area contributed by atoms with Gasteiger partial charge in [-0.15, -0.1) is 0 Å². The average Bonchev–Trinajstić information content (AvgIpc) is 2.81. The van der Waals surface area contributed by atoms with Gasteiger partial charge in [0.15, 0.2) is 0 Å². The van der Waals surface area contributed by atoms with Crippen molar-refractivity contribution in [3.8, 4) is 0 Å². The molecule has 1 saturated carbocycles. The van der Waals surface area contributed by atoms with Gasteiger partial charge < -0.3 is 10.6 Å². The van der Waals surface area contributed by atoms with E-state index in [2.05, 4.69) is 15.7 Å². The molecule has 1 unspecified atom stereocenters. The Labute approximate surface area is 140 Å². The zero-order valence-electron chi connectivity index (χ0n) is 13.6. The molecule has 2 N–H and O–H groups in total. The number of halogens is 1. The zero-order valence-corrected chi connectivity index (χ0v) is 14.3. The van der Waals surface area contributed by atoms with Crippen molar-refractivity contribution in [1.29, 1.82) is 0 Å². The highest BCUT2D eigenvalue weighted by Crippen LogP contribution is 2.49. The Bertz CT molecular complexity index is 787. The minimum absolute atomic E-state index is 0.146. The number of aryl methyl sites for hydroxylation is 1. The van der Waals surface area contributed by atoms with Crippen LogP contribution in [0.2, 0.25) is 5.02 Å². The normalized spacial score (nSPS) is 26.3. The van der Waals surface area contributed by atoms with Crippen LogP contribution < -0.4 is 10.6 Å². The highest BCUT2D eigenvalue weighted by atomic mass is 35.5. The maximum atomic E-state index is 12.6. The molecule has 1 amide bonds. The van der Waals surface area contributed by atoms with Crippen molar-refractivity contribution in [3.63, 3.8) is 0 Å². The number of rotatable bonds is 3. The Morgan fingerprint density at radius 3 is 2.78 bits per heavy atom. The third-order valence-corrected chi connectivity index (χ3v) is 5.54. The summed E-state index contributed by atoms with van der Waals surface area (Å²) in [6.07, 6.45) is 0. The Balaban J connectivity index is 1.64. The summed E-state index contributed by atoms with van der Waals surface area (Å²) in [5.41, 5.74) is 1.22. The summed E-state index contributed by atoms with van der Waals surface area (Å²) < 4.78 is 1.79. The van der Waals surface area contributed by atoms with Crippen LogP contribution in [-0.2, 0) is 17.4 Å². The monoisotopic (exact) mass is 332 g/mol. The molecule has 2 heterocycles. The molecule has 2 fully saturated rings. The fourth-order valence-corrected chi connectivity index (χ4v) is 4.31. The summed E-state index contributed by atoms with van der Waals surface area (Å²) >= 11 is 6.30. The molecule has 5 nitrogen and oxygen atoms in total. The van der Waals surface area contributed by atoms with E-state index in [1.54, 1.807) is 4.68 Å². The molecular weight excluding hydrogens is 312 g/mol. The number of carbonyl (C=O) groups is 1. The lowest BCUT2D eigenvalue weighted by atomic mass is 9.96. The fourth-order valence-electron chi connectivity index (χ4n) is 4.01. The van der Waals surface area contributed by atoms with Crippen LogP contribution in [0.5, 0.6) is 0 Å². The molecule has 122 valence electrons. The Morgan fingerprint density at radius 1 is 1.39 bits per heavy atom. The Hall–Kier alpha value is -1.59. The number of amides is 1. The average molecular weight is 333 g/mol. The van der Waals surface area contributed by atoms with Crippen molar-refractivity contribution in [3.05, 3.63) is 28.9 Å². The maximum absolute atomic E-state index is 12.6. The second-order valence-corrected chi connectivity index (χ2v) is 7.64. The van der Waals surface area contributed by atoms with Crippen LogP contribution in [-0.4, -0.2) is 28.8 Å². The highest BCUT2D eigenvalue weighted by Gasteiger charge is 2.57. The summed E-state index contributed by atoms with van der Waals surface area (Å²) in [4.78, 5) is 12.6. The first kappa shape index (κ1) is 15.0. The van der Waals surface area contributed by atoms with Crippen molar-refractivity contribution < 1.29 is 4.79 Å². The lowest BCUT2D eigenvalue weighted by Gasteiger charge is -2.25. The van der Waals surface area contributed by atoms with Gasteiger partial charge in [0.25, 0.3) is 0 Å². The predicted molar refractivity (Wildman–Crippen MR) is 90.2 cm³/mol. The minimum atomic E-state index is -0.536. The maximum Gasteiger partial charge on any atom is 0.224 e. The quantitative estimate of drug-likeness (QED) is 0.904. The largest absolute Gasteiger partial charge is 0.345 e. The first-order valence-corrected chi connectivity index (χ1v) is 8.42. The van der Waals surface area contributed by atoms with Crippen molar-refractivity contribution in [2.75, 3.05) is 13.1 Å². The first-order valence-electron chi connectivity index (χ1n) is 8.04. The minimum Gasteiger partial charge on any atom is -0.345 e. The number of para-hydroxylation sites is 1. The van der Waals surface area contributed by atoms with E-state index in [1.807, 2.05) is 39.1 Å². The van der Waals surface area contributed by atoms with Gasteiger partial charge in [-0.1, -0.05) is 23.7 Å². The Morgan fingerprint density at radius 2 is 2.09 bits per heavy atom. The number of nitrogens with zero attached hydrogens (tertiary/aromatic N) is 2. The molecule has 6 heteroatoms.